The minimum absolute atomic E-state index is 0.00916. The first-order valence-corrected chi connectivity index (χ1v) is 17.2. The second-order valence-corrected chi connectivity index (χ2v) is 14.3. The van der Waals surface area contributed by atoms with Gasteiger partial charge in [0.05, 0.1) is 16.6 Å². The Morgan fingerprint density at radius 2 is 1.76 bits per heavy atom. The number of unbranched alkanes of at least 4 members (excludes halogenated alkanes) is 3. The summed E-state index contributed by atoms with van der Waals surface area (Å²) in [5.74, 6) is -1.22. The van der Waals surface area contributed by atoms with E-state index in [0.29, 0.717) is 26.2 Å². The number of carbonyl (C=O) groups excluding carboxylic acids is 3. The van der Waals surface area contributed by atoms with E-state index in [0.717, 1.165) is 60.9 Å². The number of hydrogen-bond donors (Lipinski definition) is 1. The number of amides is 3. The predicted molar refractivity (Wildman–Crippen MR) is 182 cm³/mol. The molecule has 7 nitrogen and oxygen atoms in total. The third-order valence-corrected chi connectivity index (χ3v) is 11.7. The van der Waals surface area contributed by atoms with Crippen LogP contribution >= 0.6 is 11.8 Å². The van der Waals surface area contributed by atoms with E-state index in [1.54, 1.807) is 28.8 Å². The number of fused-ring (bicyclic) bond motifs is 1. The van der Waals surface area contributed by atoms with Crippen molar-refractivity contribution in [2.24, 2.45) is 11.8 Å². The van der Waals surface area contributed by atoms with Gasteiger partial charge in [-0.05, 0) is 62.3 Å². The number of aliphatic hydroxyl groups is 1. The average molecular weight is 630 g/mol. The largest absolute Gasteiger partial charge is 0.396 e. The SMILES string of the molecule is C=CCN(Cc1ccccc1)C(=O)[C@@H]1[C@H]2C(=O)N(CCCCCCO)C(C(=O)N(CC=C)c3cc(C)ccc3C)C23CC[C@H]1S3. The second kappa shape index (κ2) is 14.4. The topological polar surface area (TPSA) is 81.2 Å². The molecule has 2 aromatic rings. The van der Waals surface area contributed by atoms with Crippen LogP contribution < -0.4 is 4.90 Å². The van der Waals surface area contributed by atoms with E-state index < -0.39 is 22.6 Å². The normalized spacial score (nSPS) is 24.9. The van der Waals surface area contributed by atoms with Gasteiger partial charge in [-0.1, -0.05) is 67.5 Å². The van der Waals surface area contributed by atoms with Crippen molar-refractivity contribution in [3.8, 4) is 0 Å². The molecule has 0 aliphatic carbocycles. The van der Waals surface area contributed by atoms with Crippen LogP contribution in [0.5, 0.6) is 0 Å². The van der Waals surface area contributed by atoms with E-state index >= 15 is 0 Å². The van der Waals surface area contributed by atoms with E-state index in [-0.39, 0.29) is 29.6 Å². The van der Waals surface area contributed by atoms with Crippen molar-refractivity contribution in [3.05, 3.63) is 90.5 Å². The molecule has 8 heteroatoms. The standard InChI is InChI=1S/C37H47N3O4S/c1-5-20-38(25-28-14-10-9-11-15-28)34(42)31-30-18-19-37(45-30)32(31)35(43)40(22-12-7-8-13-23-41)33(37)36(44)39(21-6-2)29-24-26(3)16-17-27(29)4/h5-6,9-11,14-17,24,30-33,41H,1-2,7-8,12-13,18-23,25H2,3-4H3/t30-,31+,32+,33?,37?/m1/s1. The fraction of sp³-hybridized carbons (Fsp3) is 0.486. The quantitative estimate of drug-likeness (QED) is 0.203. The number of likely N-dealkylation sites (tertiary alicyclic amines) is 1. The van der Waals surface area contributed by atoms with E-state index in [4.69, 9.17) is 0 Å². The van der Waals surface area contributed by atoms with Gasteiger partial charge in [-0.2, -0.15) is 0 Å². The maximum Gasteiger partial charge on any atom is 0.251 e. The summed E-state index contributed by atoms with van der Waals surface area (Å²) in [7, 11) is 0. The Morgan fingerprint density at radius 3 is 2.47 bits per heavy atom. The molecule has 0 aromatic heterocycles. The molecule has 2 bridgehead atoms. The van der Waals surface area contributed by atoms with Gasteiger partial charge in [0.1, 0.15) is 6.04 Å². The molecule has 1 spiro atoms. The Balaban J connectivity index is 1.51. The number of benzene rings is 2. The first kappa shape index (κ1) is 33.0. The molecular formula is C37H47N3O4S. The Hall–Kier alpha value is -3.36. The van der Waals surface area contributed by atoms with Gasteiger partial charge in [0.25, 0.3) is 5.91 Å². The van der Waals surface area contributed by atoms with Gasteiger partial charge in [0, 0.05) is 43.7 Å². The number of aliphatic hydroxyl groups excluding tert-OH is 1. The first-order valence-electron chi connectivity index (χ1n) is 16.3. The number of thioether (sulfide) groups is 1. The molecule has 5 atom stereocenters. The molecule has 3 saturated heterocycles. The fourth-order valence-electron chi connectivity index (χ4n) is 7.70. The highest BCUT2D eigenvalue weighted by Gasteiger charge is 2.74. The summed E-state index contributed by atoms with van der Waals surface area (Å²) >= 11 is 1.71. The number of aryl methyl sites for hydroxylation is 2. The second-order valence-electron chi connectivity index (χ2n) is 12.7. The number of rotatable bonds is 15. The van der Waals surface area contributed by atoms with Gasteiger partial charge >= 0.3 is 0 Å². The van der Waals surface area contributed by atoms with E-state index in [9.17, 15) is 19.5 Å². The van der Waals surface area contributed by atoms with Crippen LogP contribution in [0, 0.1) is 25.7 Å². The zero-order chi connectivity index (χ0) is 32.1. The van der Waals surface area contributed by atoms with E-state index in [1.165, 1.54) is 0 Å². The van der Waals surface area contributed by atoms with Crippen LogP contribution in [-0.2, 0) is 20.9 Å². The van der Waals surface area contributed by atoms with Crippen LogP contribution in [0.25, 0.3) is 0 Å². The van der Waals surface area contributed by atoms with Crippen molar-refractivity contribution in [3.63, 3.8) is 0 Å². The van der Waals surface area contributed by atoms with Crippen LogP contribution in [0.15, 0.2) is 73.8 Å². The molecule has 5 rings (SSSR count). The summed E-state index contributed by atoms with van der Waals surface area (Å²) in [5.41, 5.74) is 3.91. The lowest BCUT2D eigenvalue weighted by molar-refractivity contribution is -0.144. The van der Waals surface area contributed by atoms with Crippen LogP contribution in [0.3, 0.4) is 0 Å². The van der Waals surface area contributed by atoms with Gasteiger partial charge in [0.15, 0.2) is 0 Å². The maximum absolute atomic E-state index is 14.9. The van der Waals surface area contributed by atoms with Gasteiger partial charge in [0.2, 0.25) is 11.8 Å². The Bertz CT molecular complexity index is 1410. The van der Waals surface area contributed by atoms with Crippen LogP contribution in [0.2, 0.25) is 0 Å². The van der Waals surface area contributed by atoms with Gasteiger partial charge < -0.3 is 19.8 Å². The molecule has 3 fully saturated rings. The fourth-order valence-corrected chi connectivity index (χ4v) is 9.91. The summed E-state index contributed by atoms with van der Waals surface area (Å²) in [5, 5.41) is 9.26. The van der Waals surface area contributed by atoms with Crippen LogP contribution in [0.4, 0.5) is 5.69 Å². The molecule has 2 aromatic carbocycles. The molecule has 2 unspecified atom stereocenters. The Kier molecular flexibility index (Phi) is 10.6. The molecule has 3 aliphatic heterocycles. The van der Waals surface area contributed by atoms with Crippen LogP contribution in [0.1, 0.15) is 55.2 Å². The zero-order valence-corrected chi connectivity index (χ0v) is 27.5. The van der Waals surface area contributed by atoms with Crippen molar-refractivity contribution in [1.29, 1.82) is 0 Å². The monoisotopic (exact) mass is 629 g/mol. The van der Waals surface area contributed by atoms with Gasteiger partial charge in [-0.25, -0.2) is 0 Å². The lowest BCUT2D eigenvalue weighted by Crippen LogP contribution is -2.55. The third kappa shape index (κ3) is 6.36. The van der Waals surface area contributed by atoms with Crippen molar-refractivity contribution in [2.45, 2.75) is 75.0 Å². The lowest BCUT2D eigenvalue weighted by Gasteiger charge is -2.38. The van der Waals surface area contributed by atoms with Crippen molar-refractivity contribution in [2.75, 3.05) is 31.1 Å². The summed E-state index contributed by atoms with van der Waals surface area (Å²) in [6.45, 7) is 13.7. The molecule has 0 radical (unpaired) electrons. The number of carbonyl (C=O) groups is 3. The van der Waals surface area contributed by atoms with E-state index in [2.05, 4.69) is 13.2 Å². The summed E-state index contributed by atoms with van der Waals surface area (Å²) in [4.78, 5) is 49.4. The minimum atomic E-state index is -0.664. The van der Waals surface area contributed by atoms with Crippen molar-refractivity contribution < 1.29 is 19.5 Å². The first-order chi connectivity index (χ1) is 21.8. The smallest absolute Gasteiger partial charge is 0.251 e. The predicted octanol–water partition coefficient (Wildman–Crippen LogP) is 5.68. The maximum atomic E-state index is 14.9. The van der Waals surface area contributed by atoms with Crippen molar-refractivity contribution >= 4 is 35.2 Å². The third-order valence-electron chi connectivity index (χ3n) is 9.74. The molecule has 3 heterocycles. The Labute approximate surface area is 272 Å². The summed E-state index contributed by atoms with van der Waals surface area (Å²) in [6, 6.07) is 15.3. The lowest BCUT2D eigenvalue weighted by atomic mass is 9.70. The zero-order valence-electron chi connectivity index (χ0n) is 26.7. The summed E-state index contributed by atoms with van der Waals surface area (Å²) in [6.07, 6.45) is 8.21. The van der Waals surface area contributed by atoms with E-state index in [1.807, 2.05) is 72.2 Å². The summed E-state index contributed by atoms with van der Waals surface area (Å²) < 4.78 is -0.659. The molecule has 3 amide bonds. The van der Waals surface area contributed by atoms with Gasteiger partial charge in [-0.15, -0.1) is 24.9 Å². The minimum Gasteiger partial charge on any atom is -0.396 e. The Morgan fingerprint density at radius 1 is 1.02 bits per heavy atom. The number of anilines is 1. The highest BCUT2D eigenvalue weighted by molar-refractivity contribution is 8.02. The molecule has 1 N–H and O–H groups in total. The molecule has 240 valence electrons. The van der Waals surface area contributed by atoms with Crippen LogP contribution in [-0.4, -0.2) is 74.9 Å². The number of nitrogens with zero attached hydrogens (tertiary/aromatic N) is 3. The average Bonchev–Trinajstić information content (AvgIpc) is 3.68. The number of hydrogen-bond acceptors (Lipinski definition) is 5. The highest BCUT2D eigenvalue weighted by atomic mass is 32.2. The highest BCUT2D eigenvalue weighted by Crippen LogP contribution is 2.66. The molecule has 3 aliphatic rings. The molecule has 45 heavy (non-hydrogen) atoms. The molecule has 0 saturated carbocycles. The van der Waals surface area contributed by atoms with Crippen molar-refractivity contribution in [1.82, 2.24) is 9.80 Å². The van der Waals surface area contributed by atoms with Gasteiger partial charge in [-0.3, -0.25) is 14.4 Å². The molecular weight excluding hydrogens is 582 g/mol.